The lowest BCUT2D eigenvalue weighted by atomic mass is 10.1. The Balaban J connectivity index is 1.25. The van der Waals surface area contributed by atoms with Gasteiger partial charge < -0.3 is 9.26 Å². The summed E-state index contributed by atoms with van der Waals surface area (Å²) in [6.07, 6.45) is 0.341. The molecule has 1 aliphatic heterocycles. The molecular weight excluding hydrogens is 422 g/mol. The molecular formula is C22H18ClN3O5. The zero-order chi connectivity index (χ0) is 22.0. The van der Waals surface area contributed by atoms with Gasteiger partial charge in [0.2, 0.25) is 5.82 Å². The van der Waals surface area contributed by atoms with Crippen molar-refractivity contribution < 1.29 is 23.6 Å². The van der Waals surface area contributed by atoms with E-state index in [2.05, 4.69) is 10.1 Å². The van der Waals surface area contributed by atoms with Crippen molar-refractivity contribution in [3.8, 4) is 11.4 Å². The number of aromatic nitrogens is 2. The van der Waals surface area contributed by atoms with E-state index in [9.17, 15) is 14.4 Å². The van der Waals surface area contributed by atoms with Crippen LogP contribution in [0.5, 0.6) is 0 Å². The fourth-order valence-corrected chi connectivity index (χ4v) is 3.36. The Bertz CT molecular complexity index is 1160. The van der Waals surface area contributed by atoms with Crippen molar-refractivity contribution in [3.05, 3.63) is 70.1 Å². The van der Waals surface area contributed by atoms with Gasteiger partial charge >= 0.3 is 5.97 Å². The summed E-state index contributed by atoms with van der Waals surface area (Å²) in [5, 5.41) is 4.44. The number of imide groups is 1. The average molecular weight is 440 g/mol. The first kappa shape index (κ1) is 20.7. The zero-order valence-corrected chi connectivity index (χ0v) is 17.4. The van der Waals surface area contributed by atoms with E-state index in [-0.39, 0.29) is 37.3 Å². The minimum Gasteiger partial charge on any atom is -0.456 e. The number of hydrogen-bond donors (Lipinski definition) is 0. The van der Waals surface area contributed by atoms with Gasteiger partial charge in [0.05, 0.1) is 11.1 Å². The maximum absolute atomic E-state index is 12.4. The molecule has 0 bridgehead atoms. The van der Waals surface area contributed by atoms with Crippen LogP contribution < -0.4 is 0 Å². The van der Waals surface area contributed by atoms with E-state index in [0.717, 1.165) is 16.0 Å². The van der Waals surface area contributed by atoms with Crippen molar-refractivity contribution in [2.75, 3.05) is 6.54 Å². The molecule has 31 heavy (non-hydrogen) atoms. The number of carbonyl (C=O) groups excluding carboxylic acids is 3. The van der Waals surface area contributed by atoms with Crippen LogP contribution in [-0.2, 0) is 16.1 Å². The molecule has 0 saturated heterocycles. The van der Waals surface area contributed by atoms with Gasteiger partial charge in [-0.25, -0.2) is 0 Å². The maximum Gasteiger partial charge on any atom is 0.306 e. The lowest BCUT2D eigenvalue weighted by Crippen LogP contribution is -2.31. The van der Waals surface area contributed by atoms with Crippen molar-refractivity contribution >= 4 is 29.4 Å². The summed E-state index contributed by atoms with van der Waals surface area (Å²) in [7, 11) is 0. The second-order valence-corrected chi connectivity index (χ2v) is 7.53. The highest BCUT2D eigenvalue weighted by Gasteiger charge is 2.35. The SMILES string of the molecule is Cc1ccc2c(c1)C(=O)N(CCCC(=O)OCc1nc(-c3ccc(Cl)cc3)no1)C2=O. The van der Waals surface area contributed by atoms with Gasteiger partial charge in [0, 0.05) is 23.6 Å². The Morgan fingerprint density at radius 3 is 2.61 bits per heavy atom. The number of aryl methyl sites for hydroxylation is 1. The van der Waals surface area contributed by atoms with E-state index in [1.54, 1.807) is 42.5 Å². The summed E-state index contributed by atoms with van der Waals surface area (Å²) < 4.78 is 10.2. The normalized spacial score (nSPS) is 12.9. The second-order valence-electron chi connectivity index (χ2n) is 7.09. The Kier molecular flexibility index (Phi) is 5.81. The molecule has 2 amide bonds. The second kappa shape index (κ2) is 8.69. The monoisotopic (exact) mass is 439 g/mol. The number of benzene rings is 2. The lowest BCUT2D eigenvalue weighted by Gasteiger charge is -2.13. The van der Waals surface area contributed by atoms with Gasteiger partial charge in [-0.1, -0.05) is 28.4 Å². The van der Waals surface area contributed by atoms with Gasteiger partial charge in [-0.15, -0.1) is 0 Å². The third-order valence-electron chi connectivity index (χ3n) is 4.82. The number of nitrogens with zero attached hydrogens (tertiary/aromatic N) is 3. The third-order valence-corrected chi connectivity index (χ3v) is 5.07. The van der Waals surface area contributed by atoms with Crippen LogP contribution in [0.4, 0.5) is 0 Å². The number of carbonyl (C=O) groups is 3. The Morgan fingerprint density at radius 1 is 1.10 bits per heavy atom. The van der Waals surface area contributed by atoms with Crippen molar-refractivity contribution in [3.63, 3.8) is 0 Å². The fourth-order valence-electron chi connectivity index (χ4n) is 3.23. The summed E-state index contributed by atoms with van der Waals surface area (Å²) >= 11 is 5.86. The molecule has 0 aliphatic carbocycles. The van der Waals surface area contributed by atoms with Gasteiger partial charge in [0.1, 0.15) is 0 Å². The molecule has 4 rings (SSSR count). The predicted molar refractivity (Wildman–Crippen MR) is 110 cm³/mol. The first-order chi connectivity index (χ1) is 14.9. The molecule has 8 nitrogen and oxygen atoms in total. The van der Waals surface area contributed by atoms with Crippen molar-refractivity contribution in [1.29, 1.82) is 0 Å². The first-order valence-electron chi connectivity index (χ1n) is 9.63. The van der Waals surface area contributed by atoms with Crippen molar-refractivity contribution in [2.45, 2.75) is 26.4 Å². The zero-order valence-electron chi connectivity index (χ0n) is 16.6. The number of fused-ring (bicyclic) bond motifs is 1. The first-order valence-corrected chi connectivity index (χ1v) is 10.0. The van der Waals surface area contributed by atoms with Crippen LogP contribution in [0.2, 0.25) is 5.02 Å². The summed E-state index contributed by atoms with van der Waals surface area (Å²) in [5.74, 6) is -0.636. The Labute approximate surface area is 182 Å². The van der Waals surface area contributed by atoms with Crippen LogP contribution in [0.25, 0.3) is 11.4 Å². The molecule has 9 heteroatoms. The van der Waals surface area contributed by atoms with Gasteiger partial charge in [0.15, 0.2) is 6.61 Å². The Hall–Kier alpha value is -3.52. The van der Waals surface area contributed by atoms with Crippen LogP contribution >= 0.6 is 11.6 Å². The van der Waals surface area contributed by atoms with Crippen LogP contribution in [0.1, 0.15) is 45.0 Å². The maximum atomic E-state index is 12.4. The summed E-state index contributed by atoms with van der Waals surface area (Å²) in [4.78, 5) is 42.2. The number of rotatable bonds is 7. The highest BCUT2D eigenvalue weighted by molar-refractivity contribution is 6.30. The van der Waals surface area contributed by atoms with E-state index in [0.29, 0.717) is 28.4 Å². The molecule has 0 unspecified atom stereocenters. The smallest absolute Gasteiger partial charge is 0.306 e. The third kappa shape index (κ3) is 4.49. The van der Waals surface area contributed by atoms with E-state index in [4.69, 9.17) is 20.9 Å². The van der Waals surface area contributed by atoms with E-state index < -0.39 is 5.97 Å². The standard InChI is InChI=1S/C22H18ClN3O5/c1-13-4-9-16-17(11-13)22(29)26(21(16)28)10-2-3-19(27)30-12-18-24-20(25-31-18)14-5-7-15(23)8-6-14/h4-9,11H,2-3,10,12H2,1H3. The molecule has 1 aliphatic rings. The lowest BCUT2D eigenvalue weighted by molar-refractivity contribution is -0.145. The average Bonchev–Trinajstić information content (AvgIpc) is 3.32. The topological polar surface area (TPSA) is 103 Å². The van der Waals surface area contributed by atoms with Crippen LogP contribution in [-0.4, -0.2) is 39.4 Å². The molecule has 158 valence electrons. The molecule has 0 radical (unpaired) electrons. The molecule has 0 spiro atoms. The molecule has 3 aromatic rings. The minimum atomic E-state index is -0.487. The number of amides is 2. The molecule has 0 saturated carbocycles. The van der Waals surface area contributed by atoms with Crippen molar-refractivity contribution in [1.82, 2.24) is 15.0 Å². The van der Waals surface area contributed by atoms with Crippen LogP contribution in [0, 0.1) is 6.92 Å². The van der Waals surface area contributed by atoms with Crippen molar-refractivity contribution in [2.24, 2.45) is 0 Å². The number of hydrogen-bond acceptors (Lipinski definition) is 7. The molecule has 2 heterocycles. The highest BCUT2D eigenvalue weighted by atomic mass is 35.5. The molecule has 0 atom stereocenters. The van der Waals surface area contributed by atoms with Crippen LogP contribution in [0.15, 0.2) is 47.0 Å². The molecule has 2 aromatic carbocycles. The summed E-state index contributed by atoms with van der Waals surface area (Å²) in [6, 6.07) is 12.1. The fraction of sp³-hybridized carbons (Fsp3) is 0.227. The van der Waals surface area contributed by atoms with Gasteiger partial charge in [0.25, 0.3) is 17.7 Å². The number of halogens is 1. The van der Waals surface area contributed by atoms with Gasteiger partial charge in [-0.05, 0) is 49.7 Å². The largest absolute Gasteiger partial charge is 0.456 e. The quantitative estimate of drug-likeness (QED) is 0.407. The highest BCUT2D eigenvalue weighted by Crippen LogP contribution is 2.24. The summed E-state index contributed by atoms with van der Waals surface area (Å²) in [6.45, 7) is 1.84. The molecule has 0 N–H and O–H groups in total. The number of ether oxygens (including phenoxy) is 1. The summed E-state index contributed by atoms with van der Waals surface area (Å²) in [5.41, 5.74) is 2.43. The van der Waals surface area contributed by atoms with Gasteiger partial charge in [-0.3, -0.25) is 19.3 Å². The van der Waals surface area contributed by atoms with E-state index >= 15 is 0 Å². The van der Waals surface area contributed by atoms with Gasteiger partial charge in [-0.2, -0.15) is 4.98 Å². The van der Waals surface area contributed by atoms with E-state index in [1.807, 2.05) is 6.92 Å². The minimum absolute atomic E-state index is 0.0462. The van der Waals surface area contributed by atoms with Crippen LogP contribution in [0.3, 0.4) is 0 Å². The number of esters is 1. The molecule has 1 aromatic heterocycles. The van der Waals surface area contributed by atoms with E-state index in [1.165, 1.54) is 0 Å². The molecule has 0 fully saturated rings. The predicted octanol–water partition coefficient (Wildman–Crippen LogP) is 3.82. The Morgan fingerprint density at radius 2 is 1.84 bits per heavy atom.